The smallest absolute Gasteiger partial charge is 0.275 e. The summed E-state index contributed by atoms with van der Waals surface area (Å²) >= 11 is 3.34. The zero-order chi connectivity index (χ0) is 12.6. The number of nitrogens with zero attached hydrogens (tertiary/aromatic N) is 3. The highest BCUT2D eigenvalue weighted by Gasteiger charge is 2.36. The van der Waals surface area contributed by atoms with Crippen molar-refractivity contribution in [2.45, 2.75) is 24.0 Å². The first-order valence-electron chi connectivity index (χ1n) is 5.86. The number of rotatable bonds is 4. The summed E-state index contributed by atoms with van der Waals surface area (Å²) in [6, 6.07) is 1.42. The Kier molecular flexibility index (Phi) is 3.03. The first-order valence-corrected chi connectivity index (χ1v) is 7.90. The van der Waals surface area contributed by atoms with Crippen molar-refractivity contribution >= 4 is 33.2 Å². The van der Waals surface area contributed by atoms with Crippen LogP contribution in [0.3, 0.4) is 0 Å². The average Bonchev–Trinajstić information content (AvgIpc) is 2.73. The Morgan fingerprint density at radius 1 is 1.61 bits per heavy atom. The minimum absolute atomic E-state index is 0.132. The van der Waals surface area contributed by atoms with Crippen LogP contribution in [0, 0.1) is 0 Å². The fourth-order valence-corrected chi connectivity index (χ4v) is 3.76. The van der Waals surface area contributed by atoms with E-state index in [0.29, 0.717) is 9.71 Å². The van der Waals surface area contributed by atoms with E-state index in [2.05, 4.69) is 21.7 Å². The van der Waals surface area contributed by atoms with Crippen LogP contribution in [0.5, 0.6) is 0 Å². The third kappa shape index (κ3) is 2.01. The number of fused-ring (bicyclic) bond motifs is 1. The second-order valence-electron chi connectivity index (χ2n) is 4.48. The largest absolute Gasteiger partial charge is 0.359 e. The maximum Gasteiger partial charge on any atom is 0.275 e. The van der Waals surface area contributed by atoms with Crippen molar-refractivity contribution in [2.24, 2.45) is 0 Å². The van der Waals surface area contributed by atoms with Gasteiger partial charge in [0.2, 0.25) is 10.1 Å². The first-order chi connectivity index (χ1) is 8.72. The Labute approximate surface area is 113 Å². The molecule has 1 saturated carbocycles. The predicted octanol–water partition coefficient (Wildman–Crippen LogP) is 1.85. The van der Waals surface area contributed by atoms with Crippen molar-refractivity contribution in [2.75, 3.05) is 18.1 Å². The predicted molar refractivity (Wildman–Crippen MR) is 75.7 cm³/mol. The van der Waals surface area contributed by atoms with Gasteiger partial charge >= 0.3 is 0 Å². The Bertz CT molecular complexity index is 611. The maximum atomic E-state index is 11.6. The summed E-state index contributed by atoms with van der Waals surface area (Å²) in [6.07, 6.45) is 7.50. The Morgan fingerprint density at radius 2 is 2.44 bits per heavy atom. The van der Waals surface area contributed by atoms with E-state index in [1.54, 1.807) is 0 Å². The van der Waals surface area contributed by atoms with Crippen LogP contribution < -0.4 is 10.9 Å². The van der Waals surface area contributed by atoms with E-state index in [1.165, 1.54) is 47.4 Å². The zero-order valence-electron chi connectivity index (χ0n) is 10.0. The molecule has 2 aromatic rings. The molecule has 18 heavy (non-hydrogen) atoms. The summed E-state index contributed by atoms with van der Waals surface area (Å²) in [4.78, 5) is 16.3. The number of hydrogen-bond acceptors (Lipinski definition) is 6. The van der Waals surface area contributed by atoms with Gasteiger partial charge in [0.05, 0.1) is 0 Å². The fourth-order valence-electron chi connectivity index (χ4n) is 2.08. The topological polar surface area (TPSA) is 59.3 Å². The molecule has 3 rings (SSSR count). The van der Waals surface area contributed by atoms with E-state index in [4.69, 9.17) is 0 Å². The van der Waals surface area contributed by atoms with Gasteiger partial charge < -0.3 is 5.32 Å². The highest BCUT2D eigenvalue weighted by Crippen LogP contribution is 2.42. The van der Waals surface area contributed by atoms with E-state index in [1.807, 2.05) is 11.8 Å². The van der Waals surface area contributed by atoms with Gasteiger partial charge in [0.1, 0.15) is 0 Å². The molecule has 0 radical (unpaired) electrons. The third-order valence-corrected chi connectivity index (χ3v) is 5.73. The van der Waals surface area contributed by atoms with Crippen molar-refractivity contribution < 1.29 is 0 Å². The van der Waals surface area contributed by atoms with E-state index in [9.17, 15) is 4.79 Å². The lowest BCUT2D eigenvalue weighted by Gasteiger charge is -2.40. The molecular formula is C11H14N4OS2. The quantitative estimate of drug-likeness (QED) is 0.927. The van der Waals surface area contributed by atoms with Crippen molar-refractivity contribution in [1.82, 2.24) is 14.6 Å². The number of thioether (sulfide) groups is 1. The van der Waals surface area contributed by atoms with Gasteiger partial charge in [-0.05, 0) is 19.1 Å². The van der Waals surface area contributed by atoms with Gasteiger partial charge in [-0.3, -0.25) is 4.79 Å². The number of aromatic nitrogens is 3. The molecule has 1 aliphatic rings. The van der Waals surface area contributed by atoms with Crippen LogP contribution >= 0.6 is 23.1 Å². The zero-order valence-corrected chi connectivity index (χ0v) is 11.7. The van der Waals surface area contributed by atoms with Gasteiger partial charge in [-0.2, -0.15) is 16.3 Å². The molecule has 7 heteroatoms. The molecule has 1 N–H and O–H groups in total. The van der Waals surface area contributed by atoms with Crippen molar-refractivity contribution in [3.8, 4) is 0 Å². The van der Waals surface area contributed by atoms with Crippen LogP contribution in [-0.2, 0) is 0 Å². The first kappa shape index (κ1) is 12.0. The molecule has 0 atom stereocenters. The maximum absolute atomic E-state index is 11.6. The molecular weight excluding hydrogens is 268 g/mol. The third-order valence-electron chi connectivity index (χ3n) is 3.43. The molecule has 0 bridgehead atoms. The van der Waals surface area contributed by atoms with Crippen molar-refractivity contribution in [1.29, 1.82) is 0 Å². The molecule has 0 spiro atoms. The number of hydrogen-bond donors (Lipinski definition) is 1. The summed E-state index contributed by atoms with van der Waals surface area (Å²) < 4.78 is 1.70. The highest BCUT2D eigenvalue weighted by atomic mass is 32.2. The standard InChI is InChI=1S/C11H14N4OS2/c1-17-11(4-2-5-11)7-13-9-14-15-8(16)3-6-12-10(15)18-9/h3,6H,2,4-5,7H2,1H3,(H,13,14). The second-order valence-corrected chi connectivity index (χ2v) is 6.71. The van der Waals surface area contributed by atoms with E-state index < -0.39 is 0 Å². The Hall–Kier alpha value is -1.08. The minimum atomic E-state index is -0.132. The summed E-state index contributed by atoms with van der Waals surface area (Å²) in [5.41, 5.74) is -0.132. The SMILES string of the molecule is CSC1(CNc2nn3c(=O)ccnc3s2)CCC1. The molecule has 0 aliphatic heterocycles. The normalized spacial score (nSPS) is 17.6. The molecule has 0 unspecified atom stereocenters. The molecule has 96 valence electrons. The van der Waals surface area contributed by atoms with Crippen LogP contribution in [0.4, 0.5) is 5.13 Å². The fraction of sp³-hybridized carbons (Fsp3) is 0.545. The van der Waals surface area contributed by atoms with Crippen LogP contribution in [0.25, 0.3) is 4.96 Å². The molecule has 2 heterocycles. The van der Waals surface area contributed by atoms with Crippen LogP contribution in [0.2, 0.25) is 0 Å². The van der Waals surface area contributed by atoms with Crippen LogP contribution in [-0.4, -0.2) is 32.1 Å². The van der Waals surface area contributed by atoms with Crippen molar-refractivity contribution in [3.05, 3.63) is 22.6 Å². The lowest BCUT2D eigenvalue weighted by Crippen LogP contribution is -2.40. The van der Waals surface area contributed by atoms with Crippen LogP contribution in [0.1, 0.15) is 19.3 Å². The molecule has 5 nitrogen and oxygen atoms in total. The van der Waals surface area contributed by atoms with E-state index in [-0.39, 0.29) is 5.56 Å². The lowest BCUT2D eigenvalue weighted by atomic mass is 9.84. The average molecular weight is 282 g/mol. The molecule has 2 aromatic heterocycles. The molecule has 0 amide bonds. The lowest BCUT2D eigenvalue weighted by molar-refractivity contribution is 0.380. The summed E-state index contributed by atoms with van der Waals surface area (Å²) in [6.45, 7) is 0.905. The number of anilines is 1. The molecule has 1 fully saturated rings. The van der Waals surface area contributed by atoms with Gasteiger partial charge in [0.15, 0.2) is 0 Å². The van der Waals surface area contributed by atoms with Crippen LogP contribution in [0.15, 0.2) is 17.1 Å². The van der Waals surface area contributed by atoms with Gasteiger partial charge in [-0.25, -0.2) is 4.98 Å². The monoisotopic (exact) mass is 282 g/mol. The Morgan fingerprint density at radius 3 is 3.06 bits per heavy atom. The molecule has 1 aliphatic carbocycles. The van der Waals surface area contributed by atoms with E-state index in [0.717, 1.165) is 11.7 Å². The molecule has 0 aromatic carbocycles. The summed E-state index contributed by atoms with van der Waals surface area (Å²) in [5, 5.41) is 8.36. The van der Waals surface area contributed by atoms with E-state index >= 15 is 0 Å². The Balaban J connectivity index is 1.79. The molecule has 0 saturated heterocycles. The highest BCUT2D eigenvalue weighted by molar-refractivity contribution is 8.00. The summed E-state index contributed by atoms with van der Waals surface area (Å²) in [7, 11) is 0. The van der Waals surface area contributed by atoms with Gasteiger partial charge in [-0.1, -0.05) is 17.8 Å². The second kappa shape index (κ2) is 4.55. The summed E-state index contributed by atoms with van der Waals surface area (Å²) in [5.74, 6) is 0. The van der Waals surface area contributed by atoms with Gasteiger partial charge in [0, 0.05) is 23.6 Å². The number of nitrogens with one attached hydrogen (secondary N) is 1. The van der Waals surface area contributed by atoms with Gasteiger partial charge in [0.25, 0.3) is 5.56 Å². The van der Waals surface area contributed by atoms with Gasteiger partial charge in [-0.15, -0.1) is 5.10 Å². The van der Waals surface area contributed by atoms with Crippen molar-refractivity contribution in [3.63, 3.8) is 0 Å². The minimum Gasteiger partial charge on any atom is -0.359 e.